The molecular formula is C22H25N3O2. The van der Waals surface area contributed by atoms with Crippen molar-refractivity contribution in [2.75, 3.05) is 31.6 Å². The molecule has 27 heavy (non-hydrogen) atoms. The third-order valence-electron chi connectivity index (χ3n) is 4.84. The third kappa shape index (κ3) is 3.98. The summed E-state index contributed by atoms with van der Waals surface area (Å²) in [5, 5.41) is 0. The van der Waals surface area contributed by atoms with Crippen LogP contribution in [0.2, 0.25) is 0 Å². The molecule has 5 nitrogen and oxygen atoms in total. The molecule has 0 spiro atoms. The number of likely N-dealkylation sites (N-methyl/N-ethyl adjacent to an activating group) is 2. The van der Waals surface area contributed by atoms with Crippen molar-refractivity contribution in [3.63, 3.8) is 0 Å². The van der Waals surface area contributed by atoms with Gasteiger partial charge >= 0.3 is 0 Å². The fourth-order valence-corrected chi connectivity index (χ4v) is 3.54. The average Bonchev–Trinajstić information content (AvgIpc) is 3.16. The number of anilines is 1. The lowest BCUT2D eigenvalue weighted by atomic mass is 10.2. The standard InChI is InChI=1S/C22H25N3O2/c1-3-25-15-18(26-20-12-8-7-11-19(20)25)14-24(2)16-22-23-13-21(27-22)17-9-5-4-6-10-17/h4-13,18H,3,14-16H2,1-2H3. The lowest BCUT2D eigenvalue weighted by Gasteiger charge is -2.37. The van der Waals surface area contributed by atoms with Gasteiger partial charge < -0.3 is 14.1 Å². The van der Waals surface area contributed by atoms with Gasteiger partial charge in [-0.25, -0.2) is 4.98 Å². The zero-order valence-electron chi connectivity index (χ0n) is 15.8. The molecule has 2 heterocycles. The van der Waals surface area contributed by atoms with Gasteiger partial charge in [-0.15, -0.1) is 0 Å². The van der Waals surface area contributed by atoms with Gasteiger partial charge in [0.2, 0.25) is 5.89 Å². The molecule has 1 aromatic heterocycles. The number of ether oxygens (including phenoxy) is 1. The average molecular weight is 363 g/mol. The highest BCUT2D eigenvalue weighted by Gasteiger charge is 2.25. The summed E-state index contributed by atoms with van der Waals surface area (Å²) in [5.41, 5.74) is 2.23. The number of hydrogen-bond donors (Lipinski definition) is 0. The van der Waals surface area contributed by atoms with Crippen molar-refractivity contribution in [2.24, 2.45) is 0 Å². The van der Waals surface area contributed by atoms with E-state index < -0.39 is 0 Å². The Morgan fingerprint density at radius 1 is 1.11 bits per heavy atom. The molecule has 5 heteroatoms. The lowest BCUT2D eigenvalue weighted by molar-refractivity contribution is 0.135. The quantitative estimate of drug-likeness (QED) is 0.661. The Labute approximate surface area is 160 Å². The highest BCUT2D eigenvalue weighted by Crippen LogP contribution is 2.33. The van der Waals surface area contributed by atoms with Crippen LogP contribution in [0.4, 0.5) is 5.69 Å². The normalized spacial score (nSPS) is 16.3. The van der Waals surface area contributed by atoms with Gasteiger partial charge in [0.25, 0.3) is 0 Å². The molecule has 1 unspecified atom stereocenters. The van der Waals surface area contributed by atoms with Crippen molar-refractivity contribution in [1.82, 2.24) is 9.88 Å². The Balaban J connectivity index is 1.39. The smallest absolute Gasteiger partial charge is 0.209 e. The van der Waals surface area contributed by atoms with E-state index in [0.29, 0.717) is 6.54 Å². The van der Waals surface area contributed by atoms with E-state index in [4.69, 9.17) is 9.15 Å². The summed E-state index contributed by atoms with van der Waals surface area (Å²) in [4.78, 5) is 9.01. The maximum Gasteiger partial charge on any atom is 0.209 e. The van der Waals surface area contributed by atoms with E-state index in [-0.39, 0.29) is 6.10 Å². The molecule has 140 valence electrons. The van der Waals surface area contributed by atoms with Gasteiger partial charge in [0, 0.05) is 18.7 Å². The molecular weight excluding hydrogens is 338 g/mol. The zero-order valence-corrected chi connectivity index (χ0v) is 15.8. The van der Waals surface area contributed by atoms with Crippen LogP contribution in [-0.2, 0) is 6.54 Å². The minimum absolute atomic E-state index is 0.119. The van der Waals surface area contributed by atoms with E-state index in [1.807, 2.05) is 42.5 Å². The fourth-order valence-electron chi connectivity index (χ4n) is 3.54. The SMILES string of the molecule is CCN1CC(CN(C)Cc2ncc(-c3ccccc3)o2)Oc2ccccc21. The molecule has 0 saturated carbocycles. The second-order valence-electron chi connectivity index (χ2n) is 6.93. The summed E-state index contributed by atoms with van der Waals surface area (Å²) in [6.07, 6.45) is 1.92. The molecule has 0 N–H and O–H groups in total. The van der Waals surface area contributed by atoms with Gasteiger partial charge in [-0.3, -0.25) is 4.90 Å². The molecule has 1 aliphatic rings. The maximum atomic E-state index is 6.21. The van der Waals surface area contributed by atoms with Gasteiger partial charge in [0.1, 0.15) is 11.9 Å². The van der Waals surface area contributed by atoms with Crippen LogP contribution in [0.5, 0.6) is 5.75 Å². The topological polar surface area (TPSA) is 41.7 Å². The number of hydrogen-bond acceptors (Lipinski definition) is 5. The lowest BCUT2D eigenvalue weighted by Crippen LogP contribution is -2.45. The summed E-state index contributed by atoms with van der Waals surface area (Å²) in [7, 11) is 2.08. The Kier molecular flexibility index (Phi) is 5.12. The summed E-state index contributed by atoms with van der Waals surface area (Å²) in [6, 6.07) is 18.3. The van der Waals surface area contributed by atoms with E-state index in [2.05, 4.69) is 40.9 Å². The van der Waals surface area contributed by atoms with Crippen molar-refractivity contribution >= 4 is 5.69 Å². The van der Waals surface area contributed by atoms with Crippen LogP contribution in [0.3, 0.4) is 0 Å². The second kappa shape index (κ2) is 7.84. The third-order valence-corrected chi connectivity index (χ3v) is 4.84. The number of fused-ring (bicyclic) bond motifs is 1. The highest BCUT2D eigenvalue weighted by atomic mass is 16.5. The van der Waals surface area contributed by atoms with Crippen LogP contribution in [0.1, 0.15) is 12.8 Å². The van der Waals surface area contributed by atoms with E-state index in [1.54, 1.807) is 6.20 Å². The first-order valence-electron chi connectivity index (χ1n) is 9.42. The van der Waals surface area contributed by atoms with E-state index in [9.17, 15) is 0 Å². The van der Waals surface area contributed by atoms with Crippen LogP contribution in [0.25, 0.3) is 11.3 Å². The summed E-state index contributed by atoms with van der Waals surface area (Å²) in [5.74, 6) is 2.49. The minimum Gasteiger partial charge on any atom is -0.485 e. The minimum atomic E-state index is 0.119. The van der Waals surface area contributed by atoms with Crippen LogP contribution < -0.4 is 9.64 Å². The molecule has 0 aliphatic carbocycles. The summed E-state index contributed by atoms with van der Waals surface area (Å²) < 4.78 is 12.1. The van der Waals surface area contributed by atoms with E-state index >= 15 is 0 Å². The molecule has 1 aliphatic heterocycles. The Morgan fingerprint density at radius 2 is 1.89 bits per heavy atom. The number of para-hydroxylation sites is 2. The fraction of sp³-hybridized carbons (Fsp3) is 0.318. The largest absolute Gasteiger partial charge is 0.485 e. The van der Waals surface area contributed by atoms with Crippen LogP contribution >= 0.6 is 0 Å². The number of aromatic nitrogens is 1. The molecule has 0 fully saturated rings. The van der Waals surface area contributed by atoms with Gasteiger partial charge in [-0.2, -0.15) is 0 Å². The van der Waals surface area contributed by atoms with Crippen molar-refractivity contribution in [1.29, 1.82) is 0 Å². The molecule has 0 amide bonds. The molecule has 1 atom stereocenters. The van der Waals surface area contributed by atoms with Gasteiger partial charge in [-0.05, 0) is 26.1 Å². The van der Waals surface area contributed by atoms with Crippen LogP contribution in [0, 0.1) is 0 Å². The van der Waals surface area contributed by atoms with Gasteiger partial charge in [-0.1, -0.05) is 42.5 Å². The van der Waals surface area contributed by atoms with Crippen molar-refractivity contribution in [3.05, 3.63) is 66.7 Å². The molecule has 0 saturated heterocycles. The second-order valence-corrected chi connectivity index (χ2v) is 6.93. The van der Waals surface area contributed by atoms with Gasteiger partial charge in [0.15, 0.2) is 5.76 Å². The van der Waals surface area contributed by atoms with Crippen molar-refractivity contribution in [3.8, 4) is 17.1 Å². The number of rotatable bonds is 6. The molecule has 0 bridgehead atoms. The highest BCUT2D eigenvalue weighted by molar-refractivity contribution is 5.60. The Hall–Kier alpha value is -2.79. The Morgan fingerprint density at radius 3 is 2.70 bits per heavy atom. The molecule has 0 radical (unpaired) electrons. The molecule has 4 rings (SSSR count). The first kappa shape index (κ1) is 17.6. The number of oxazole rings is 1. The van der Waals surface area contributed by atoms with Crippen molar-refractivity contribution in [2.45, 2.75) is 19.6 Å². The van der Waals surface area contributed by atoms with Crippen LogP contribution in [-0.4, -0.2) is 42.7 Å². The molecule has 2 aromatic carbocycles. The predicted molar refractivity (Wildman–Crippen MR) is 107 cm³/mol. The monoisotopic (exact) mass is 363 g/mol. The molecule has 3 aromatic rings. The van der Waals surface area contributed by atoms with E-state index in [1.165, 1.54) is 5.69 Å². The van der Waals surface area contributed by atoms with E-state index in [0.717, 1.165) is 42.6 Å². The Bertz CT molecular complexity index is 878. The first-order valence-corrected chi connectivity index (χ1v) is 9.42. The maximum absolute atomic E-state index is 6.21. The number of nitrogens with zero attached hydrogens (tertiary/aromatic N) is 3. The zero-order chi connectivity index (χ0) is 18.6. The van der Waals surface area contributed by atoms with Crippen molar-refractivity contribution < 1.29 is 9.15 Å². The summed E-state index contributed by atoms with van der Waals surface area (Å²) >= 11 is 0. The van der Waals surface area contributed by atoms with Gasteiger partial charge in [0.05, 0.1) is 25.0 Å². The first-order chi connectivity index (χ1) is 13.2. The number of benzene rings is 2. The predicted octanol–water partition coefficient (Wildman–Crippen LogP) is 4.06. The summed E-state index contributed by atoms with van der Waals surface area (Å²) in [6.45, 7) is 5.51. The van der Waals surface area contributed by atoms with Crippen LogP contribution in [0.15, 0.2) is 65.2 Å².